The predicted octanol–water partition coefficient (Wildman–Crippen LogP) is 3.20. The first-order chi connectivity index (χ1) is 8.60. The van der Waals surface area contributed by atoms with Gasteiger partial charge in [0.05, 0.1) is 17.7 Å². The summed E-state index contributed by atoms with van der Waals surface area (Å²) in [5, 5.41) is 7.53. The van der Waals surface area contributed by atoms with E-state index < -0.39 is 47.3 Å². The Kier molecular flexibility index (Phi) is 4.51. The van der Waals surface area contributed by atoms with E-state index >= 15 is 0 Å². The van der Waals surface area contributed by atoms with Crippen LogP contribution in [-0.4, -0.2) is 22.4 Å². The predicted molar refractivity (Wildman–Crippen MR) is 52.2 cm³/mol. The molecular weight excluding hydrogens is 301 g/mol. The van der Waals surface area contributed by atoms with Crippen LogP contribution in [0, 0.1) is 0 Å². The largest absolute Gasteiger partial charge is 0.573 e. The summed E-state index contributed by atoms with van der Waals surface area (Å²) in [7, 11) is 0. The third-order valence-corrected chi connectivity index (χ3v) is 2.09. The molecule has 0 unspecified atom stereocenters. The Hall–Kier alpha value is -1.64. The minimum atomic E-state index is -5.21. The molecule has 0 radical (unpaired) electrons. The van der Waals surface area contributed by atoms with Crippen LogP contribution in [0.5, 0.6) is 5.75 Å². The molecule has 0 fully saturated rings. The Morgan fingerprint density at radius 2 is 2.05 bits per heavy atom. The first kappa shape index (κ1) is 15.4. The van der Waals surface area contributed by atoms with Gasteiger partial charge in [0.2, 0.25) is 0 Å². The maximum absolute atomic E-state index is 12.6. The number of alkyl halides is 5. The molecule has 0 aliphatic rings. The Labute approximate surface area is 107 Å². The van der Waals surface area contributed by atoms with Crippen molar-refractivity contribution in [3.05, 3.63) is 22.5 Å². The molecular formula is C9H5ClF5NO3. The molecule has 1 rings (SSSR count). The number of pyridine rings is 1. The first-order valence-corrected chi connectivity index (χ1v) is 4.93. The lowest BCUT2D eigenvalue weighted by Gasteiger charge is -2.14. The molecule has 4 nitrogen and oxygen atoms in total. The number of nitrogens with zero attached hydrogens (tertiary/aromatic N) is 1. The van der Waals surface area contributed by atoms with Gasteiger partial charge in [0, 0.05) is 6.07 Å². The minimum Gasteiger partial charge on any atom is -0.481 e. The van der Waals surface area contributed by atoms with Gasteiger partial charge in [-0.15, -0.1) is 13.2 Å². The van der Waals surface area contributed by atoms with Gasteiger partial charge in [-0.1, -0.05) is 11.6 Å². The summed E-state index contributed by atoms with van der Waals surface area (Å²) < 4.78 is 64.7. The monoisotopic (exact) mass is 305 g/mol. The number of hydrogen-bond acceptors (Lipinski definition) is 3. The molecule has 0 saturated carbocycles. The standard InChI is InChI=1S/C9H5ClF5NO3/c10-7-6(8(11)12)4(19-9(13,14)15)1-3(16-7)2-5(17)18/h1,8H,2H2,(H,17,18). The number of aliphatic carboxylic acids is 1. The van der Waals surface area contributed by atoms with E-state index in [9.17, 15) is 26.7 Å². The number of carboxylic acid groups (broad SMARTS) is 1. The van der Waals surface area contributed by atoms with Crippen molar-refractivity contribution in [1.29, 1.82) is 0 Å². The van der Waals surface area contributed by atoms with Crippen molar-refractivity contribution in [2.24, 2.45) is 0 Å². The van der Waals surface area contributed by atoms with Crippen LogP contribution in [0.1, 0.15) is 17.7 Å². The number of carbonyl (C=O) groups is 1. The zero-order chi connectivity index (χ0) is 14.8. The fourth-order valence-electron chi connectivity index (χ4n) is 1.20. The van der Waals surface area contributed by atoms with Gasteiger partial charge in [0.25, 0.3) is 6.43 Å². The second kappa shape index (κ2) is 5.55. The van der Waals surface area contributed by atoms with Crippen LogP contribution >= 0.6 is 11.6 Å². The van der Waals surface area contributed by atoms with Crippen LogP contribution in [0.3, 0.4) is 0 Å². The van der Waals surface area contributed by atoms with Crippen LogP contribution in [-0.2, 0) is 11.2 Å². The third-order valence-electron chi connectivity index (χ3n) is 1.80. The second-order valence-electron chi connectivity index (χ2n) is 3.24. The van der Waals surface area contributed by atoms with Crippen molar-refractivity contribution in [2.75, 3.05) is 0 Å². The topological polar surface area (TPSA) is 59.4 Å². The van der Waals surface area contributed by atoms with E-state index in [1.54, 1.807) is 0 Å². The summed E-state index contributed by atoms with van der Waals surface area (Å²) in [5.74, 6) is -2.68. The van der Waals surface area contributed by atoms with Gasteiger partial charge in [-0.05, 0) is 0 Å². The maximum atomic E-state index is 12.6. The molecule has 0 amide bonds. The van der Waals surface area contributed by atoms with Crippen LogP contribution in [0.15, 0.2) is 6.07 Å². The van der Waals surface area contributed by atoms with Crippen molar-refractivity contribution in [3.63, 3.8) is 0 Å². The molecule has 19 heavy (non-hydrogen) atoms. The number of rotatable bonds is 4. The average molecular weight is 306 g/mol. The van der Waals surface area contributed by atoms with Crippen molar-refractivity contribution >= 4 is 17.6 Å². The highest BCUT2D eigenvalue weighted by atomic mass is 35.5. The summed E-state index contributed by atoms with van der Waals surface area (Å²) in [6.45, 7) is 0. The highest BCUT2D eigenvalue weighted by Gasteiger charge is 2.34. The molecule has 0 bridgehead atoms. The SMILES string of the molecule is O=C(O)Cc1cc(OC(F)(F)F)c(C(F)F)c(Cl)n1. The summed E-state index contributed by atoms with van der Waals surface area (Å²) in [5.41, 5.74) is -1.67. The number of hydrogen-bond donors (Lipinski definition) is 1. The van der Waals surface area contributed by atoms with Gasteiger partial charge in [-0.3, -0.25) is 4.79 Å². The Bertz CT molecular complexity index is 491. The Balaban J connectivity index is 3.28. The zero-order valence-electron chi connectivity index (χ0n) is 8.84. The summed E-state index contributed by atoms with van der Waals surface area (Å²) >= 11 is 5.31. The van der Waals surface area contributed by atoms with Gasteiger partial charge in [0.1, 0.15) is 10.9 Å². The second-order valence-corrected chi connectivity index (χ2v) is 3.59. The molecule has 106 valence electrons. The van der Waals surface area contributed by atoms with Gasteiger partial charge in [-0.2, -0.15) is 0 Å². The number of ether oxygens (including phenoxy) is 1. The fraction of sp³-hybridized carbons (Fsp3) is 0.333. The summed E-state index contributed by atoms with van der Waals surface area (Å²) in [6.07, 6.45) is -9.34. The first-order valence-electron chi connectivity index (χ1n) is 4.55. The van der Waals surface area contributed by atoms with Crippen LogP contribution in [0.4, 0.5) is 22.0 Å². The highest BCUT2D eigenvalue weighted by molar-refractivity contribution is 6.30. The summed E-state index contributed by atoms with van der Waals surface area (Å²) in [6, 6.07) is 0.467. The molecule has 0 atom stereocenters. The minimum absolute atomic E-state index is 0.429. The van der Waals surface area contributed by atoms with E-state index in [1.165, 1.54) is 0 Å². The van der Waals surface area contributed by atoms with E-state index in [2.05, 4.69) is 9.72 Å². The van der Waals surface area contributed by atoms with E-state index in [0.717, 1.165) is 0 Å². The van der Waals surface area contributed by atoms with E-state index in [4.69, 9.17) is 16.7 Å². The van der Waals surface area contributed by atoms with E-state index in [-0.39, 0.29) is 0 Å². The normalized spacial score (nSPS) is 11.7. The van der Waals surface area contributed by atoms with Crippen molar-refractivity contribution in [2.45, 2.75) is 19.2 Å². The number of halogens is 6. The third kappa shape index (κ3) is 4.51. The van der Waals surface area contributed by atoms with E-state index in [1.807, 2.05) is 0 Å². The van der Waals surface area contributed by atoms with Crippen LogP contribution in [0.2, 0.25) is 5.15 Å². The molecule has 0 saturated heterocycles. The average Bonchev–Trinajstić information content (AvgIpc) is 2.10. The molecule has 1 N–H and O–H groups in total. The lowest BCUT2D eigenvalue weighted by Crippen LogP contribution is -2.19. The Morgan fingerprint density at radius 1 is 1.47 bits per heavy atom. The molecule has 0 aliphatic carbocycles. The molecule has 0 aromatic carbocycles. The molecule has 10 heteroatoms. The van der Waals surface area contributed by atoms with Gasteiger partial charge in [-0.25, -0.2) is 13.8 Å². The van der Waals surface area contributed by atoms with Crippen LogP contribution in [0.25, 0.3) is 0 Å². The maximum Gasteiger partial charge on any atom is 0.573 e. The molecule has 1 heterocycles. The fourth-order valence-corrected chi connectivity index (χ4v) is 1.49. The Morgan fingerprint density at radius 3 is 2.47 bits per heavy atom. The smallest absolute Gasteiger partial charge is 0.481 e. The lowest BCUT2D eigenvalue weighted by molar-refractivity contribution is -0.275. The molecule has 1 aromatic heterocycles. The highest BCUT2D eigenvalue weighted by Crippen LogP contribution is 2.37. The number of aromatic nitrogens is 1. The van der Waals surface area contributed by atoms with Gasteiger partial charge >= 0.3 is 12.3 Å². The quantitative estimate of drug-likeness (QED) is 0.685. The molecule has 0 aliphatic heterocycles. The van der Waals surface area contributed by atoms with Crippen LogP contribution < -0.4 is 4.74 Å². The number of carboxylic acids is 1. The lowest BCUT2D eigenvalue weighted by atomic mass is 10.2. The zero-order valence-corrected chi connectivity index (χ0v) is 9.60. The summed E-state index contributed by atoms with van der Waals surface area (Å²) in [4.78, 5) is 13.7. The van der Waals surface area contributed by atoms with Gasteiger partial charge in [0.15, 0.2) is 0 Å². The van der Waals surface area contributed by atoms with Crippen molar-refractivity contribution < 1.29 is 36.6 Å². The molecule has 0 spiro atoms. The van der Waals surface area contributed by atoms with E-state index in [0.29, 0.717) is 6.07 Å². The van der Waals surface area contributed by atoms with Crippen molar-refractivity contribution in [1.82, 2.24) is 4.98 Å². The van der Waals surface area contributed by atoms with Gasteiger partial charge < -0.3 is 9.84 Å². The van der Waals surface area contributed by atoms with Crippen molar-refractivity contribution in [3.8, 4) is 5.75 Å². The molecule has 1 aromatic rings.